The quantitative estimate of drug-likeness (QED) is 0.825. The molecular weight excluding hydrogens is 208 g/mol. The van der Waals surface area contributed by atoms with Gasteiger partial charge in [0.05, 0.1) is 18.2 Å². The van der Waals surface area contributed by atoms with Crippen molar-refractivity contribution < 1.29 is 14.6 Å². The van der Waals surface area contributed by atoms with E-state index in [-0.39, 0.29) is 0 Å². The summed E-state index contributed by atoms with van der Waals surface area (Å²) in [6, 6.07) is 1.60. The standard InChI is InChI=1S/C11H16N2O3/c1-4-8(11(14)15)9-6-10(16-5-2)13-7(3)12-9/h6,8H,4-5H2,1-3H3,(H,14,15). The molecule has 0 aliphatic rings. The fourth-order valence-corrected chi connectivity index (χ4v) is 1.47. The molecule has 0 saturated carbocycles. The fraction of sp³-hybridized carbons (Fsp3) is 0.545. The number of nitrogens with zero attached hydrogens (tertiary/aromatic N) is 2. The summed E-state index contributed by atoms with van der Waals surface area (Å²) in [6.45, 7) is 5.89. The molecule has 0 aromatic carbocycles. The van der Waals surface area contributed by atoms with E-state index in [4.69, 9.17) is 9.84 Å². The zero-order chi connectivity index (χ0) is 12.1. The lowest BCUT2D eigenvalue weighted by atomic mass is 10.0. The summed E-state index contributed by atoms with van der Waals surface area (Å²) in [5, 5.41) is 9.04. The van der Waals surface area contributed by atoms with Gasteiger partial charge in [0.25, 0.3) is 0 Å². The summed E-state index contributed by atoms with van der Waals surface area (Å²) < 4.78 is 5.26. The molecule has 0 aliphatic carbocycles. The summed E-state index contributed by atoms with van der Waals surface area (Å²) >= 11 is 0. The molecule has 1 aromatic rings. The number of aliphatic carboxylic acids is 1. The lowest BCUT2D eigenvalue weighted by Gasteiger charge is -2.11. The molecule has 0 spiro atoms. The van der Waals surface area contributed by atoms with Gasteiger partial charge in [-0.3, -0.25) is 4.79 Å². The summed E-state index contributed by atoms with van der Waals surface area (Å²) in [4.78, 5) is 19.2. The van der Waals surface area contributed by atoms with Crippen molar-refractivity contribution in [2.45, 2.75) is 33.1 Å². The van der Waals surface area contributed by atoms with Gasteiger partial charge in [-0.05, 0) is 20.3 Å². The highest BCUT2D eigenvalue weighted by molar-refractivity contribution is 5.75. The summed E-state index contributed by atoms with van der Waals surface area (Å²) in [7, 11) is 0. The Labute approximate surface area is 94.5 Å². The maximum atomic E-state index is 11.0. The van der Waals surface area contributed by atoms with Crippen LogP contribution in [0.1, 0.15) is 37.7 Å². The normalized spacial score (nSPS) is 12.2. The molecular formula is C11H16N2O3. The predicted molar refractivity (Wildman–Crippen MR) is 58.6 cm³/mol. The van der Waals surface area contributed by atoms with Crippen LogP contribution in [0.3, 0.4) is 0 Å². The van der Waals surface area contributed by atoms with Crippen LogP contribution in [0.15, 0.2) is 6.07 Å². The molecule has 16 heavy (non-hydrogen) atoms. The smallest absolute Gasteiger partial charge is 0.312 e. The Morgan fingerprint density at radius 1 is 1.50 bits per heavy atom. The summed E-state index contributed by atoms with van der Waals surface area (Å²) in [5.41, 5.74) is 0.506. The first-order valence-corrected chi connectivity index (χ1v) is 5.29. The summed E-state index contributed by atoms with van der Waals surface area (Å²) in [5.74, 6) is -0.505. The second kappa shape index (κ2) is 5.44. The number of hydrogen-bond acceptors (Lipinski definition) is 4. The Morgan fingerprint density at radius 2 is 2.19 bits per heavy atom. The van der Waals surface area contributed by atoms with Crippen molar-refractivity contribution in [1.82, 2.24) is 9.97 Å². The minimum Gasteiger partial charge on any atom is -0.481 e. The molecule has 1 aromatic heterocycles. The lowest BCUT2D eigenvalue weighted by Crippen LogP contribution is -2.13. The van der Waals surface area contributed by atoms with Gasteiger partial charge in [0.1, 0.15) is 5.82 Å². The van der Waals surface area contributed by atoms with Crippen LogP contribution in [-0.2, 0) is 4.79 Å². The second-order valence-corrected chi connectivity index (χ2v) is 3.41. The van der Waals surface area contributed by atoms with E-state index in [0.717, 1.165) is 0 Å². The molecule has 1 atom stereocenters. The van der Waals surface area contributed by atoms with Crippen molar-refractivity contribution in [3.05, 3.63) is 17.6 Å². The van der Waals surface area contributed by atoms with E-state index in [2.05, 4.69) is 9.97 Å². The van der Waals surface area contributed by atoms with Gasteiger partial charge in [-0.15, -0.1) is 0 Å². The van der Waals surface area contributed by atoms with Gasteiger partial charge in [0.2, 0.25) is 5.88 Å². The molecule has 1 heterocycles. The van der Waals surface area contributed by atoms with Gasteiger partial charge in [-0.25, -0.2) is 4.98 Å². The topological polar surface area (TPSA) is 72.3 Å². The molecule has 0 fully saturated rings. The van der Waals surface area contributed by atoms with Crippen molar-refractivity contribution in [1.29, 1.82) is 0 Å². The number of hydrogen-bond donors (Lipinski definition) is 1. The van der Waals surface area contributed by atoms with E-state index in [0.29, 0.717) is 30.4 Å². The zero-order valence-electron chi connectivity index (χ0n) is 9.73. The highest BCUT2D eigenvalue weighted by atomic mass is 16.5. The minimum absolute atomic E-state index is 0.435. The number of aryl methyl sites for hydroxylation is 1. The Morgan fingerprint density at radius 3 is 2.69 bits per heavy atom. The van der Waals surface area contributed by atoms with Gasteiger partial charge in [0, 0.05) is 6.07 Å². The van der Waals surface area contributed by atoms with E-state index in [1.54, 1.807) is 13.0 Å². The first-order valence-electron chi connectivity index (χ1n) is 5.29. The van der Waals surface area contributed by atoms with E-state index >= 15 is 0 Å². The third kappa shape index (κ3) is 2.92. The Bertz CT molecular complexity index is 379. The van der Waals surface area contributed by atoms with E-state index in [1.807, 2.05) is 13.8 Å². The van der Waals surface area contributed by atoms with Crippen LogP contribution in [0, 0.1) is 6.92 Å². The van der Waals surface area contributed by atoms with Crippen molar-refractivity contribution >= 4 is 5.97 Å². The third-order valence-electron chi connectivity index (χ3n) is 2.19. The number of carbonyl (C=O) groups is 1. The Kier molecular flexibility index (Phi) is 4.22. The highest BCUT2D eigenvalue weighted by Crippen LogP contribution is 2.21. The highest BCUT2D eigenvalue weighted by Gasteiger charge is 2.20. The molecule has 1 unspecified atom stereocenters. The maximum absolute atomic E-state index is 11.0. The summed E-state index contributed by atoms with van der Waals surface area (Å²) in [6.07, 6.45) is 0.497. The van der Waals surface area contributed by atoms with Crippen LogP contribution in [0.2, 0.25) is 0 Å². The maximum Gasteiger partial charge on any atom is 0.312 e. The molecule has 0 amide bonds. The van der Waals surface area contributed by atoms with Crippen LogP contribution >= 0.6 is 0 Å². The van der Waals surface area contributed by atoms with Crippen LogP contribution < -0.4 is 4.74 Å². The SMILES string of the molecule is CCOc1cc(C(CC)C(=O)O)nc(C)n1. The van der Waals surface area contributed by atoms with Crippen LogP contribution in [0.25, 0.3) is 0 Å². The van der Waals surface area contributed by atoms with E-state index < -0.39 is 11.9 Å². The Hall–Kier alpha value is -1.65. The fourth-order valence-electron chi connectivity index (χ4n) is 1.47. The van der Waals surface area contributed by atoms with Gasteiger partial charge in [-0.2, -0.15) is 4.98 Å². The molecule has 0 radical (unpaired) electrons. The average Bonchev–Trinajstić information content (AvgIpc) is 2.17. The second-order valence-electron chi connectivity index (χ2n) is 3.41. The molecule has 0 bridgehead atoms. The van der Waals surface area contributed by atoms with Crippen molar-refractivity contribution in [3.8, 4) is 5.88 Å². The van der Waals surface area contributed by atoms with Crippen molar-refractivity contribution in [2.75, 3.05) is 6.61 Å². The number of rotatable bonds is 5. The lowest BCUT2D eigenvalue weighted by molar-refractivity contribution is -0.138. The molecule has 5 nitrogen and oxygen atoms in total. The van der Waals surface area contributed by atoms with Gasteiger partial charge in [-0.1, -0.05) is 6.92 Å². The zero-order valence-corrected chi connectivity index (χ0v) is 9.73. The molecule has 1 rings (SSSR count). The molecule has 0 aliphatic heterocycles. The van der Waals surface area contributed by atoms with Gasteiger partial charge < -0.3 is 9.84 Å². The molecule has 0 saturated heterocycles. The monoisotopic (exact) mass is 224 g/mol. The number of carboxylic acid groups (broad SMARTS) is 1. The van der Waals surface area contributed by atoms with Crippen molar-refractivity contribution in [3.63, 3.8) is 0 Å². The van der Waals surface area contributed by atoms with Crippen LogP contribution in [0.5, 0.6) is 5.88 Å². The van der Waals surface area contributed by atoms with E-state index in [1.165, 1.54) is 0 Å². The number of aromatic nitrogens is 2. The Balaban J connectivity index is 3.07. The van der Waals surface area contributed by atoms with Crippen LogP contribution in [-0.4, -0.2) is 27.7 Å². The largest absolute Gasteiger partial charge is 0.481 e. The number of ether oxygens (including phenoxy) is 1. The van der Waals surface area contributed by atoms with Crippen molar-refractivity contribution in [2.24, 2.45) is 0 Å². The van der Waals surface area contributed by atoms with E-state index in [9.17, 15) is 4.79 Å². The molecule has 5 heteroatoms. The predicted octanol–water partition coefficient (Wildman–Crippen LogP) is 1.76. The van der Waals surface area contributed by atoms with Gasteiger partial charge >= 0.3 is 5.97 Å². The number of carboxylic acids is 1. The minimum atomic E-state index is -0.872. The first-order chi connectivity index (χ1) is 7.58. The average molecular weight is 224 g/mol. The molecule has 1 N–H and O–H groups in total. The van der Waals surface area contributed by atoms with Gasteiger partial charge in [0.15, 0.2) is 0 Å². The molecule has 88 valence electrons. The van der Waals surface area contributed by atoms with Crippen LogP contribution in [0.4, 0.5) is 0 Å². The first kappa shape index (κ1) is 12.4. The third-order valence-corrected chi connectivity index (χ3v) is 2.19.